The molecule has 0 aliphatic heterocycles. The van der Waals surface area contributed by atoms with E-state index >= 15 is 0 Å². The fraction of sp³-hybridized carbons (Fsp3) is 1.00. The largest absolute Gasteiger partial charge is 0.501 e. The van der Waals surface area contributed by atoms with Gasteiger partial charge in [-0.15, -0.1) is 0 Å². The predicted molar refractivity (Wildman–Crippen MR) is 75.4 cm³/mol. The van der Waals surface area contributed by atoms with E-state index in [2.05, 4.69) is 0 Å². The van der Waals surface area contributed by atoms with Crippen LogP contribution in [0.2, 0.25) is 6.04 Å². The van der Waals surface area contributed by atoms with Crippen LogP contribution in [-0.4, -0.2) is 34.7 Å². The molecule has 0 spiro atoms. The highest BCUT2D eigenvalue weighted by atomic mass is 28.4. The van der Waals surface area contributed by atoms with Crippen LogP contribution < -0.4 is 5.73 Å². The van der Waals surface area contributed by atoms with E-state index in [0.717, 1.165) is 18.9 Å². The lowest BCUT2D eigenvalue weighted by molar-refractivity contribution is 0.0647. The third-order valence-corrected chi connectivity index (χ3v) is 6.72. The highest BCUT2D eigenvalue weighted by Crippen LogP contribution is 2.32. The van der Waals surface area contributed by atoms with Gasteiger partial charge < -0.3 is 19.0 Å². The first-order valence-electron chi connectivity index (χ1n) is 7.33. The number of hydrogen-bond acceptors (Lipinski definition) is 4. The van der Waals surface area contributed by atoms with Crippen molar-refractivity contribution >= 4 is 8.80 Å². The van der Waals surface area contributed by atoms with Gasteiger partial charge in [-0.05, 0) is 39.5 Å². The third-order valence-electron chi connectivity index (χ3n) is 3.45. The van der Waals surface area contributed by atoms with Crippen LogP contribution in [0.4, 0.5) is 0 Å². The Labute approximate surface area is 113 Å². The highest BCUT2D eigenvalue weighted by Gasteiger charge is 2.43. The molecule has 1 aliphatic rings. The van der Waals surface area contributed by atoms with Gasteiger partial charge in [0.25, 0.3) is 0 Å². The Morgan fingerprint density at radius 1 is 1.00 bits per heavy atom. The zero-order valence-corrected chi connectivity index (χ0v) is 13.1. The monoisotopic (exact) mass is 275 g/mol. The summed E-state index contributed by atoms with van der Waals surface area (Å²) >= 11 is 0. The number of nitrogens with two attached hydrogens (primary N) is 1. The Morgan fingerprint density at radius 3 is 2.00 bits per heavy atom. The molecule has 1 saturated carbocycles. The molecule has 2 atom stereocenters. The maximum absolute atomic E-state index is 6.06. The average molecular weight is 275 g/mol. The van der Waals surface area contributed by atoms with Gasteiger partial charge in [0.1, 0.15) is 0 Å². The molecule has 1 aliphatic carbocycles. The van der Waals surface area contributed by atoms with Gasteiger partial charge >= 0.3 is 8.80 Å². The van der Waals surface area contributed by atoms with Crippen molar-refractivity contribution in [2.45, 2.75) is 58.5 Å². The Kier molecular flexibility index (Phi) is 7.40. The first-order chi connectivity index (χ1) is 8.65. The van der Waals surface area contributed by atoms with Gasteiger partial charge in [-0.1, -0.05) is 12.8 Å². The second-order valence-electron chi connectivity index (χ2n) is 4.98. The van der Waals surface area contributed by atoms with E-state index in [0.29, 0.717) is 31.8 Å². The topological polar surface area (TPSA) is 53.7 Å². The van der Waals surface area contributed by atoms with Crippen molar-refractivity contribution in [2.24, 2.45) is 11.7 Å². The highest BCUT2D eigenvalue weighted by molar-refractivity contribution is 6.60. The molecular weight excluding hydrogens is 246 g/mol. The van der Waals surface area contributed by atoms with Crippen molar-refractivity contribution < 1.29 is 13.3 Å². The molecule has 1 fully saturated rings. The van der Waals surface area contributed by atoms with Crippen LogP contribution in [0.3, 0.4) is 0 Å². The summed E-state index contributed by atoms with van der Waals surface area (Å²) in [7, 11) is -2.47. The summed E-state index contributed by atoms with van der Waals surface area (Å²) < 4.78 is 17.7. The Hall–Kier alpha value is 0.0569. The molecule has 0 heterocycles. The lowest BCUT2D eigenvalue weighted by Crippen LogP contribution is -2.48. The van der Waals surface area contributed by atoms with Crippen LogP contribution in [0.15, 0.2) is 0 Å². The Bertz CT molecular complexity index is 211. The fourth-order valence-corrected chi connectivity index (χ4v) is 5.83. The molecule has 2 unspecified atom stereocenters. The quantitative estimate of drug-likeness (QED) is 0.692. The minimum atomic E-state index is -2.47. The molecule has 0 bridgehead atoms. The minimum Gasteiger partial charge on any atom is -0.374 e. The van der Waals surface area contributed by atoms with E-state index in [1.807, 2.05) is 20.8 Å². The standard InChI is InChI=1S/C13H29NO3Si/c1-4-15-18(16-5-2,17-6-3)11-12-8-7-9-13(14)10-12/h12-13H,4-11,14H2,1-3H3. The first-order valence-corrected chi connectivity index (χ1v) is 9.26. The molecule has 18 heavy (non-hydrogen) atoms. The summed E-state index contributed by atoms with van der Waals surface area (Å²) in [5.41, 5.74) is 6.06. The number of hydrogen-bond donors (Lipinski definition) is 1. The van der Waals surface area contributed by atoms with Crippen LogP contribution in [0.5, 0.6) is 0 Å². The van der Waals surface area contributed by atoms with Gasteiger partial charge in [0, 0.05) is 31.9 Å². The van der Waals surface area contributed by atoms with Crippen molar-refractivity contribution in [2.75, 3.05) is 19.8 Å². The molecule has 0 aromatic rings. The van der Waals surface area contributed by atoms with Gasteiger partial charge in [0.2, 0.25) is 0 Å². The maximum atomic E-state index is 6.06. The zero-order chi connectivity index (χ0) is 13.4. The molecule has 2 N–H and O–H groups in total. The fourth-order valence-electron chi connectivity index (χ4n) is 2.83. The first kappa shape index (κ1) is 16.1. The Balaban J connectivity index is 2.62. The average Bonchev–Trinajstić information content (AvgIpc) is 2.30. The van der Waals surface area contributed by atoms with Crippen molar-refractivity contribution in [1.82, 2.24) is 0 Å². The SMILES string of the molecule is CCO[Si](CC1CCCC(N)C1)(OCC)OCC. The van der Waals surface area contributed by atoms with Crippen LogP contribution >= 0.6 is 0 Å². The predicted octanol–water partition coefficient (Wildman–Crippen LogP) is 2.55. The smallest absolute Gasteiger partial charge is 0.374 e. The maximum Gasteiger partial charge on any atom is 0.501 e. The van der Waals surface area contributed by atoms with Crippen molar-refractivity contribution in [3.05, 3.63) is 0 Å². The van der Waals surface area contributed by atoms with Crippen LogP contribution in [0.1, 0.15) is 46.5 Å². The molecule has 4 nitrogen and oxygen atoms in total. The van der Waals surface area contributed by atoms with Gasteiger partial charge in [-0.25, -0.2) is 0 Å². The van der Waals surface area contributed by atoms with Gasteiger partial charge in [0.05, 0.1) is 0 Å². The lowest BCUT2D eigenvalue weighted by Gasteiger charge is -2.34. The Morgan fingerprint density at radius 2 is 1.56 bits per heavy atom. The van der Waals surface area contributed by atoms with Gasteiger partial charge in [-0.3, -0.25) is 0 Å². The molecule has 0 amide bonds. The molecular formula is C13H29NO3Si. The van der Waals surface area contributed by atoms with Gasteiger partial charge in [-0.2, -0.15) is 0 Å². The van der Waals surface area contributed by atoms with Gasteiger partial charge in [0.15, 0.2) is 0 Å². The molecule has 0 saturated heterocycles. The van der Waals surface area contributed by atoms with Crippen LogP contribution in [-0.2, 0) is 13.3 Å². The summed E-state index contributed by atoms with van der Waals surface area (Å²) in [4.78, 5) is 0. The summed E-state index contributed by atoms with van der Waals surface area (Å²) in [5, 5.41) is 0. The minimum absolute atomic E-state index is 0.348. The van der Waals surface area contributed by atoms with E-state index in [-0.39, 0.29) is 0 Å². The second-order valence-corrected chi connectivity index (χ2v) is 7.62. The third kappa shape index (κ3) is 4.97. The van der Waals surface area contributed by atoms with Crippen molar-refractivity contribution in [3.8, 4) is 0 Å². The van der Waals surface area contributed by atoms with E-state index in [4.69, 9.17) is 19.0 Å². The molecule has 0 aromatic carbocycles. The summed E-state index contributed by atoms with van der Waals surface area (Å²) in [6.45, 7) is 7.99. The normalized spacial score (nSPS) is 25.3. The molecule has 0 radical (unpaired) electrons. The molecule has 5 heteroatoms. The number of rotatable bonds is 8. The van der Waals surface area contributed by atoms with Crippen molar-refractivity contribution in [3.63, 3.8) is 0 Å². The summed E-state index contributed by atoms with van der Waals surface area (Å²) in [6, 6.07) is 1.27. The summed E-state index contributed by atoms with van der Waals surface area (Å²) in [5.74, 6) is 0.602. The van der Waals surface area contributed by atoms with Crippen molar-refractivity contribution in [1.29, 1.82) is 0 Å². The van der Waals surface area contributed by atoms with E-state index in [1.165, 1.54) is 12.8 Å². The molecule has 0 aromatic heterocycles. The van der Waals surface area contributed by atoms with E-state index in [1.54, 1.807) is 0 Å². The van der Waals surface area contributed by atoms with E-state index < -0.39 is 8.80 Å². The van der Waals surface area contributed by atoms with Crippen LogP contribution in [0, 0.1) is 5.92 Å². The second kappa shape index (κ2) is 8.27. The van der Waals surface area contributed by atoms with Crippen LogP contribution in [0.25, 0.3) is 0 Å². The molecule has 108 valence electrons. The molecule has 1 rings (SSSR count). The zero-order valence-electron chi connectivity index (χ0n) is 12.1. The lowest BCUT2D eigenvalue weighted by atomic mass is 9.87. The van der Waals surface area contributed by atoms with E-state index in [9.17, 15) is 0 Å². The summed E-state index contributed by atoms with van der Waals surface area (Å²) in [6.07, 6.45) is 4.70.